The number of aromatic nitrogens is 3. The van der Waals surface area contributed by atoms with Crippen molar-refractivity contribution in [2.24, 2.45) is 0 Å². The molecule has 2 aromatic heterocycles. The standard InChI is InChI=1S/C12H17N5/c1-16(9-11-3-2-4-14-7-11)5-6-17-10-12(13)8-15-17/h2-4,7-8,10H,5-6,9,13H2,1H3. The second kappa shape index (κ2) is 5.45. The molecule has 0 radical (unpaired) electrons. The summed E-state index contributed by atoms with van der Waals surface area (Å²) in [6.07, 6.45) is 7.19. The van der Waals surface area contributed by atoms with Gasteiger partial charge in [-0.15, -0.1) is 0 Å². The first-order valence-electron chi connectivity index (χ1n) is 5.59. The van der Waals surface area contributed by atoms with Gasteiger partial charge in [0.1, 0.15) is 0 Å². The first-order valence-corrected chi connectivity index (χ1v) is 5.59. The van der Waals surface area contributed by atoms with Crippen molar-refractivity contribution in [2.75, 3.05) is 19.3 Å². The van der Waals surface area contributed by atoms with E-state index in [2.05, 4.69) is 28.1 Å². The Morgan fingerprint density at radius 3 is 2.94 bits per heavy atom. The lowest BCUT2D eigenvalue weighted by Gasteiger charge is -2.16. The monoisotopic (exact) mass is 231 g/mol. The van der Waals surface area contributed by atoms with Crippen LogP contribution in [0.25, 0.3) is 0 Å². The molecule has 5 heteroatoms. The Balaban J connectivity index is 1.80. The maximum Gasteiger partial charge on any atom is 0.0719 e. The highest BCUT2D eigenvalue weighted by atomic mass is 15.3. The number of nitrogen functional groups attached to an aromatic ring is 1. The van der Waals surface area contributed by atoms with Gasteiger partial charge in [0.05, 0.1) is 18.4 Å². The highest BCUT2D eigenvalue weighted by Crippen LogP contribution is 2.02. The zero-order chi connectivity index (χ0) is 12.1. The van der Waals surface area contributed by atoms with Crippen LogP contribution in [0.3, 0.4) is 0 Å². The van der Waals surface area contributed by atoms with Gasteiger partial charge >= 0.3 is 0 Å². The van der Waals surface area contributed by atoms with E-state index in [4.69, 9.17) is 5.73 Å². The molecule has 0 aliphatic rings. The summed E-state index contributed by atoms with van der Waals surface area (Å²) in [5.41, 5.74) is 7.53. The molecule has 2 rings (SSSR count). The second-order valence-corrected chi connectivity index (χ2v) is 4.14. The Morgan fingerprint density at radius 1 is 1.41 bits per heavy atom. The van der Waals surface area contributed by atoms with Gasteiger partial charge in [-0.05, 0) is 18.7 Å². The molecule has 0 saturated carbocycles. The minimum Gasteiger partial charge on any atom is -0.396 e. The highest BCUT2D eigenvalue weighted by molar-refractivity contribution is 5.30. The molecule has 2 N–H and O–H groups in total. The number of hydrogen-bond donors (Lipinski definition) is 1. The smallest absolute Gasteiger partial charge is 0.0719 e. The maximum absolute atomic E-state index is 5.60. The first-order chi connectivity index (χ1) is 8.24. The summed E-state index contributed by atoms with van der Waals surface area (Å²) < 4.78 is 1.86. The molecule has 0 unspecified atom stereocenters. The quantitative estimate of drug-likeness (QED) is 0.833. The fourth-order valence-corrected chi connectivity index (χ4v) is 1.66. The van der Waals surface area contributed by atoms with E-state index < -0.39 is 0 Å². The summed E-state index contributed by atoms with van der Waals surface area (Å²) in [7, 11) is 2.08. The minimum atomic E-state index is 0.708. The topological polar surface area (TPSA) is 60.0 Å². The van der Waals surface area contributed by atoms with Crippen molar-refractivity contribution in [3.8, 4) is 0 Å². The number of anilines is 1. The SMILES string of the molecule is CN(CCn1cc(N)cn1)Cc1cccnc1. The Labute approximate surface area is 101 Å². The van der Waals surface area contributed by atoms with E-state index in [1.165, 1.54) is 5.56 Å². The largest absolute Gasteiger partial charge is 0.396 e. The maximum atomic E-state index is 5.60. The third kappa shape index (κ3) is 3.57. The lowest BCUT2D eigenvalue weighted by molar-refractivity contribution is 0.305. The molecule has 2 aromatic rings. The zero-order valence-electron chi connectivity index (χ0n) is 9.95. The molecule has 0 bridgehead atoms. The van der Waals surface area contributed by atoms with Crippen LogP contribution in [-0.4, -0.2) is 33.3 Å². The van der Waals surface area contributed by atoms with Gasteiger partial charge in [0.25, 0.3) is 0 Å². The third-order valence-corrected chi connectivity index (χ3v) is 2.54. The fourth-order valence-electron chi connectivity index (χ4n) is 1.66. The predicted molar refractivity (Wildman–Crippen MR) is 67.2 cm³/mol. The number of pyridine rings is 1. The number of hydrogen-bond acceptors (Lipinski definition) is 4. The number of nitrogens with zero attached hydrogens (tertiary/aromatic N) is 4. The number of rotatable bonds is 5. The average molecular weight is 231 g/mol. The summed E-state index contributed by atoms with van der Waals surface area (Å²) in [6, 6.07) is 4.03. The van der Waals surface area contributed by atoms with Gasteiger partial charge in [-0.2, -0.15) is 5.10 Å². The van der Waals surface area contributed by atoms with E-state index >= 15 is 0 Å². The summed E-state index contributed by atoms with van der Waals surface area (Å²) in [5, 5.41) is 4.15. The fraction of sp³-hybridized carbons (Fsp3) is 0.333. The van der Waals surface area contributed by atoms with Crippen LogP contribution in [0.15, 0.2) is 36.9 Å². The lowest BCUT2D eigenvalue weighted by atomic mass is 10.3. The van der Waals surface area contributed by atoms with Crippen molar-refractivity contribution in [3.05, 3.63) is 42.5 Å². The van der Waals surface area contributed by atoms with Gasteiger partial charge < -0.3 is 10.6 Å². The van der Waals surface area contributed by atoms with Gasteiger partial charge in [-0.3, -0.25) is 9.67 Å². The summed E-state index contributed by atoms with van der Waals surface area (Å²) in [4.78, 5) is 6.33. The Morgan fingerprint density at radius 2 is 2.29 bits per heavy atom. The van der Waals surface area contributed by atoms with Crippen LogP contribution < -0.4 is 5.73 Å². The van der Waals surface area contributed by atoms with E-state index in [0.717, 1.165) is 19.6 Å². The van der Waals surface area contributed by atoms with Crippen LogP contribution in [0.1, 0.15) is 5.56 Å². The highest BCUT2D eigenvalue weighted by Gasteiger charge is 2.01. The van der Waals surface area contributed by atoms with Crippen molar-refractivity contribution in [1.82, 2.24) is 19.7 Å². The molecule has 0 fully saturated rings. The average Bonchev–Trinajstić information content (AvgIpc) is 2.74. The number of nitrogens with two attached hydrogens (primary N) is 1. The molecule has 2 heterocycles. The molecule has 0 amide bonds. The Bertz CT molecular complexity index is 451. The Kier molecular flexibility index (Phi) is 3.72. The van der Waals surface area contributed by atoms with Crippen LogP contribution in [0.4, 0.5) is 5.69 Å². The van der Waals surface area contributed by atoms with Crippen molar-refractivity contribution >= 4 is 5.69 Å². The van der Waals surface area contributed by atoms with Gasteiger partial charge in [0.2, 0.25) is 0 Å². The van der Waals surface area contributed by atoms with Crippen molar-refractivity contribution in [3.63, 3.8) is 0 Å². The van der Waals surface area contributed by atoms with Crippen LogP contribution in [0.5, 0.6) is 0 Å². The lowest BCUT2D eigenvalue weighted by Crippen LogP contribution is -2.23. The van der Waals surface area contributed by atoms with E-state index in [0.29, 0.717) is 5.69 Å². The molecule has 0 saturated heterocycles. The molecule has 90 valence electrons. The van der Waals surface area contributed by atoms with Crippen LogP contribution in [0.2, 0.25) is 0 Å². The predicted octanol–water partition coefficient (Wildman–Crippen LogP) is 0.992. The van der Waals surface area contributed by atoms with Gasteiger partial charge in [0.15, 0.2) is 0 Å². The second-order valence-electron chi connectivity index (χ2n) is 4.14. The summed E-state index contributed by atoms with van der Waals surface area (Å²) >= 11 is 0. The van der Waals surface area contributed by atoms with Crippen LogP contribution in [-0.2, 0) is 13.1 Å². The zero-order valence-corrected chi connectivity index (χ0v) is 9.95. The van der Waals surface area contributed by atoms with Crippen molar-refractivity contribution in [1.29, 1.82) is 0 Å². The van der Waals surface area contributed by atoms with Crippen molar-refractivity contribution < 1.29 is 0 Å². The molecule has 0 atom stereocenters. The Hall–Kier alpha value is -1.88. The molecular formula is C12H17N5. The minimum absolute atomic E-state index is 0.708. The third-order valence-electron chi connectivity index (χ3n) is 2.54. The van der Waals surface area contributed by atoms with Crippen LogP contribution >= 0.6 is 0 Å². The van der Waals surface area contributed by atoms with Gasteiger partial charge in [0, 0.05) is 31.7 Å². The van der Waals surface area contributed by atoms with E-state index in [1.807, 2.05) is 23.1 Å². The molecule has 0 aliphatic carbocycles. The summed E-state index contributed by atoms with van der Waals surface area (Å²) in [5.74, 6) is 0. The molecule has 0 spiro atoms. The van der Waals surface area contributed by atoms with Crippen molar-refractivity contribution in [2.45, 2.75) is 13.1 Å². The number of likely N-dealkylation sites (N-methyl/N-ethyl adjacent to an activating group) is 1. The van der Waals surface area contributed by atoms with Gasteiger partial charge in [-0.1, -0.05) is 6.07 Å². The van der Waals surface area contributed by atoms with E-state index in [1.54, 1.807) is 12.4 Å². The molecule has 17 heavy (non-hydrogen) atoms. The molecule has 5 nitrogen and oxygen atoms in total. The van der Waals surface area contributed by atoms with Crippen LogP contribution in [0, 0.1) is 0 Å². The van der Waals surface area contributed by atoms with Gasteiger partial charge in [-0.25, -0.2) is 0 Å². The molecule has 0 aromatic carbocycles. The van der Waals surface area contributed by atoms with E-state index in [9.17, 15) is 0 Å². The molecular weight excluding hydrogens is 214 g/mol. The summed E-state index contributed by atoms with van der Waals surface area (Å²) in [6.45, 7) is 2.66. The van der Waals surface area contributed by atoms with E-state index in [-0.39, 0.29) is 0 Å². The molecule has 0 aliphatic heterocycles. The first kappa shape index (κ1) is 11.6. The normalized spacial score (nSPS) is 10.9.